The summed E-state index contributed by atoms with van der Waals surface area (Å²) in [6.07, 6.45) is -3.00. The number of hydrogen-bond acceptors (Lipinski definition) is 4. The van der Waals surface area contributed by atoms with Crippen LogP contribution in [0.4, 0.5) is 18.9 Å². The summed E-state index contributed by atoms with van der Waals surface area (Å²) in [6, 6.07) is 0.924. The summed E-state index contributed by atoms with van der Waals surface area (Å²) in [5, 5.41) is 9.46. The minimum atomic E-state index is -4.49. The molecule has 0 bridgehead atoms. The van der Waals surface area contributed by atoms with Crippen LogP contribution in [0.15, 0.2) is 17.3 Å². The number of amides is 1. The third-order valence-electron chi connectivity index (χ3n) is 3.83. The Balaban J connectivity index is 1.87. The number of carbonyl (C=O) groups excluding carboxylic acids is 1. The lowest BCUT2D eigenvalue weighted by atomic mass is 10.0. The predicted molar refractivity (Wildman–Crippen MR) is 71.9 cm³/mol. The second kappa shape index (κ2) is 5.35. The number of likely N-dealkylation sites (tertiary alicyclic amines) is 1. The maximum Gasteiger partial charge on any atom is 0.417 e. The molecule has 3 rings (SSSR count). The van der Waals surface area contributed by atoms with Crippen LogP contribution in [0.3, 0.4) is 0 Å². The lowest BCUT2D eigenvalue weighted by molar-refractivity contribution is -0.137. The number of rotatable bonds is 1. The third-order valence-corrected chi connectivity index (χ3v) is 3.83. The molecule has 1 amide bonds. The Morgan fingerprint density at radius 1 is 1.36 bits per heavy atom. The van der Waals surface area contributed by atoms with E-state index in [4.69, 9.17) is 0 Å². The van der Waals surface area contributed by atoms with Crippen LogP contribution in [0.2, 0.25) is 0 Å². The summed E-state index contributed by atoms with van der Waals surface area (Å²) in [6.45, 7) is 0.679. The molecule has 118 valence electrons. The molecule has 0 aromatic carbocycles. The average molecular weight is 313 g/mol. The Morgan fingerprint density at radius 2 is 2.14 bits per heavy atom. The number of aryl methyl sites for hydroxylation is 1. The smallest absolute Gasteiger partial charge is 0.391 e. The number of aliphatic hydroxyl groups is 1. The molecule has 1 aromatic rings. The molecule has 0 radical (unpaired) electrons. The Labute approximate surface area is 124 Å². The number of aliphatic hydroxyl groups excluding tert-OH is 1. The lowest BCUT2D eigenvalue weighted by Gasteiger charge is -2.20. The number of hydrogen-bond donors (Lipinski definition) is 1. The molecule has 3 heterocycles. The van der Waals surface area contributed by atoms with Crippen molar-refractivity contribution in [3.8, 4) is 0 Å². The molecule has 0 saturated carbocycles. The van der Waals surface area contributed by atoms with Crippen molar-refractivity contribution < 1.29 is 23.1 Å². The Morgan fingerprint density at radius 3 is 2.77 bits per heavy atom. The molecule has 22 heavy (non-hydrogen) atoms. The molecular weight excluding hydrogens is 299 g/mol. The van der Waals surface area contributed by atoms with Gasteiger partial charge in [-0.1, -0.05) is 0 Å². The lowest BCUT2D eigenvalue weighted by Crippen LogP contribution is -2.36. The van der Waals surface area contributed by atoms with Crippen molar-refractivity contribution in [2.45, 2.75) is 31.5 Å². The Hall–Kier alpha value is -1.96. The van der Waals surface area contributed by atoms with Crippen molar-refractivity contribution in [3.05, 3.63) is 23.5 Å². The van der Waals surface area contributed by atoms with Crippen molar-refractivity contribution in [2.75, 3.05) is 13.1 Å². The van der Waals surface area contributed by atoms with Gasteiger partial charge >= 0.3 is 6.18 Å². The third kappa shape index (κ3) is 2.83. The molecule has 1 saturated heterocycles. The maximum absolute atomic E-state index is 12.7. The molecule has 1 fully saturated rings. The molecule has 2 aliphatic heterocycles. The zero-order chi connectivity index (χ0) is 15.9. The van der Waals surface area contributed by atoms with Crippen LogP contribution >= 0.6 is 0 Å². The summed E-state index contributed by atoms with van der Waals surface area (Å²) < 4.78 is 38.1. The van der Waals surface area contributed by atoms with Crippen molar-refractivity contribution in [2.24, 2.45) is 4.99 Å². The zero-order valence-corrected chi connectivity index (χ0v) is 11.6. The van der Waals surface area contributed by atoms with Gasteiger partial charge in [0.1, 0.15) is 5.71 Å². The van der Waals surface area contributed by atoms with E-state index >= 15 is 0 Å². The monoisotopic (exact) mass is 313 g/mol. The van der Waals surface area contributed by atoms with Gasteiger partial charge < -0.3 is 10.0 Å². The van der Waals surface area contributed by atoms with E-state index in [0.29, 0.717) is 31.5 Å². The van der Waals surface area contributed by atoms with Gasteiger partial charge in [-0.25, -0.2) is 4.99 Å². The number of pyridine rings is 1. The number of fused-ring (bicyclic) bond motifs is 1. The van der Waals surface area contributed by atoms with Crippen LogP contribution in [0.1, 0.15) is 24.1 Å². The van der Waals surface area contributed by atoms with Crippen LogP contribution < -0.4 is 0 Å². The van der Waals surface area contributed by atoms with Crippen LogP contribution in [-0.2, 0) is 17.4 Å². The quantitative estimate of drug-likeness (QED) is 0.858. The van der Waals surface area contributed by atoms with Gasteiger partial charge in [-0.05, 0) is 18.9 Å². The number of halogens is 3. The number of aromatic nitrogens is 1. The van der Waals surface area contributed by atoms with Gasteiger partial charge in [0.15, 0.2) is 0 Å². The van der Waals surface area contributed by atoms with Crippen molar-refractivity contribution in [1.82, 2.24) is 9.88 Å². The summed E-state index contributed by atoms with van der Waals surface area (Å²) >= 11 is 0. The standard InChI is InChI=1S/C14H14F3N3O2/c15-14(16,17)8-5-12-10(18-6-8)1-2-11(19-12)13(22)20-4-3-9(21)7-20/h5-6,9,21H,1-4,7H2. The second-order valence-electron chi connectivity index (χ2n) is 5.44. The first kappa shape index (κ1) is 15.0. The maximum atomic E-state index is 12.7. The SMILES string of the molecule is O=C(C1=Nc2cc(C(F)(F)F)cnc2CC1)N1CCC(O)C1. The highest BCUT2D eigenvalue weighted by Gasteiger charge is 2.33. The fourth-order valence-electron chi connectivity index (χ4n) is 2.63. The molecule has 0 aliphatic carbocycles. The Bertz CT molecular complexity index is 643. The van der Waals surface area contributed by atoms with Gasteiger partial charge in [-0.15, -0.1) is 0 Å². The first-order chi connectivity index (χ1) is 10.3. The Kier molecular flexibility index (Phi) is 3.64. The van der Waals surface area contributed by atoms with E-state index in [1.807, 2.05) is 0 Å². The van der Waals surface area contributed by atoms with Gasteiger partial charge in [0.05, 0.1) is 23.0 Å². The average Bonchev–Trinajstić information content (AvgIpc) is 2.91. The number of nitrogens with zero attached hydrogens (tertiary/aromatic N) is 3. The molecule has 0 spiro atoms. The fraction of sp³-hybridized carbons (Fsp3) is 0.500. The minimum absolute atomic E-state index is 0.101. The van der Waals surface area contributed by atoms with Gasteiger partial charge in [0.25, 0.3) is 5.91 Å². The largest absolute Gasteiger partial charge is 0.417 e. The van der Waals surface area contributed by atoms with Crippen LogP contribution in [0.5, 0.6) is 0 Å². The number of alkyl halides is 3. The van der Waals surface area contributed by atoms with E-state index in [1.54, 1.807) is 0 Å². The number of β-amino-alcohol motifs (C(OH)–C–C–N with tert-alkyl or cyclic N) is 1. The summed E-state index contributed by atoms with van der Waals surface area (Å²) in [5.41, 5.74) is -0.0850. The van der Waals surface area contributed by atoms with Gasteiger partial charge in [-0.2, -0.15) is 13.2 Å². The molecule has 1 unspecified atom stereocenters. The predicted octanol–water partition coefficient (Wildman–Crippen LogP) is 1.71. The van der Waals surface area contributed by atoms with Crippen molar-refractivity contribution in [3.63, 3.8) is 0 Å². The molecule has 2 aliphatic rings. The topological polar surface area (TPSA) is 65.8 Å². The van der Waals surface area contributed by atoms with E-state index in [-0.39, 0.29) is 23.9 Å². The number of aliphatic imine (C=N–C) groups is 1. The van der Waals surface area contributed by atoms with Crippen molar-refractivity contribution >= 4 is 17.3 Å². The molecule has 8 heteroatoms. The first-order valence-corrected chi connectivity index (χ1v) is 6.95. The molecule has 1 atom stereocenters. The van der Waals surface area contributed by atoms with E-state index < -0.39 is 17.8 Å². The summed E-state index contributed by atoms with van der Waals surface area (Å²) in [4.78, 5) is 21.6. The second-order valence-corrected chi connectivity index (χ2v) is 5.44. The van der Waals surface area contributed by atoms with Crippen LogP contribution in [0.25, 0.3) is 0 Å². The highest BCUT2D eigenvalue weighted by Crippen LogP contribution is 2.34. The first-order valence-electron chi connectivity index (χ1n) is 6.95. The van der Waals surface area contributed by atoms with Gasteiger partial charge in [-0.3, -0.25) is 9.78 Å². The van der Waals surface area contributed by atoms with E-state index in [0.717, 1.165) is 12.3 Å². The van der Waals surface area contributed by atoms with Gasteiger partial charge in [0.2, 0.25) is 0 Å². The van der Waals surface area contributed by atoms with Crippen molar-refractivity contribution in [1.29, 1.82) is 0 Å². The van der Waals surface area contributed by atoms with Crippen LogP contribution in [0, 0.1) is 0 Å². The normalized spacial score (nSPS) is 21.5. The summed E-state index contributed by atoms with van der Waals surface area (Å²) in [5.74, 6) is -0.320. The molecule has 5 nitrogen and oxygen atoms in total. The van der Waals surface area contributed by atoms with E-state index in [1.165, 1.54) is 4.90 Å². The van der Waals surface area contributed by atoms with Crippen LogP contribution in [-0.4, -0.2) is 45.8 Å². The molecule has 1 aromatic heterocycles. The molecule has 1 N–H and O–H groups in total. The number of carbonyl (C=O) groups is 1. The fourth-order valence-corrected chi connectivity index (χ4v) is 2.63. The minimum Gasteiger partial charge on any atom is -0.391 e. The summed E-state index contributed by atoms with van der Waals surface area (Å²) in [7, 11) is 0. The van der Waals surface area contributed by atoms with E-state index in [9.17, 15) is 23.1 Å². The van der Waals surface area contributed by atoms with Gasteiger partial charge in [0, 0.05) is 25.7 Å². The van der Waals surface area contributed by atoms with E-state index in [2.05, 4.69) is 9.98 Å². The molecular formula is C14H14F3N3O2. The highest BCUT2D eigenvalue weighted by molar-refractivity contribution is 6.39. The highest BCUT2D eigenvalue weighted by atomic mass is 19.4. The zero-order valence-electron chi connectivity index (χ0n) is 11.6.